The molecule has 3 nitrogen and oxygen atoms in total. The molecule has 0 fully saturated rings. The molecule has 1 aromatic carbocycles. The maximum absolute atomic E-state index is 13.9. The van der Waals surface area contributed by atoms with E-state index in [1.165, 1.54) is 20.1 Å². The number of halogens is 2. The number of methoxy groups -OCH3 is 1. The Kier molecular flexibility index (Phi) is 5.00. The summed E-state index contributed by atoms with van der Waals surface area (Å²) in [6.07, 6.45) is 0.711. The molecule has 2 unspecified atom stereocenters. The third kappa shape index (κ3) is 3.10. The molecule has 0 spiro atoms. The van der Waals surface area contributed by atoms with Crippen molar-refractivity contribution in [3.05, 3.63) is 35.4 Å². The monoisotopic (exact) mass is 271 g/mol. The van der Waals surface area contributed by atoms with Crippen LogP contribution in [0.25, 0.3) is 0 Å². The number of hydrogen-bond acceptors (Lipinski definition) is 3. The van der Waals surface area contributed by atoms with Crippen molar-refractivity contribution in [1.82, 2.24) is 5.32 Å². The fourth-order valence-electron chi connectivity index (χ4n) is 2.01. The quantitative estimate of drug-likeness (QED) is 0.837. The predicted octanol–water partition coefficient (Wildman–Crippen LogP) is 2.74. The number of benzene rings is 1. The predicted molar refractivity (Wildman–Crippen MR) is 68.6 cm³/mol. The zero-order chi connectivity index (χ0) is 14.6. The van der Waals surface area contributed by atoms with Crippen LogP contribution >= 0.6 is 0 Å². The van der Waals surface area contributed by atoms with Crippen molar-refractivity contribution in [3.8, 4) is 0 Å². The van der Waals surface area contributed by atoms with Crippen molar-refractivity contribution in [1.29, 1.82) is 0 Å². The van der Waals surface area contributed by atoms with Crippen molar-refractivity contribution in [2.75, 3.05) is 7.11 Å². The van der Waals surface area contributed by atoms with E-state index < -0.39 is 23.1 Å². The van der Waals surface area contributed by atoms with Gasteiger partial charge in [-0.2, -0.15) is 0 Å². The van der Waals surface area contributed by atoms with Gasteiger partial charge in [0.15, 0.2) is 0 Å². The van der Waals surface area contributed by atoms with Crippen molar-refractivity contribution in [3.63, 3.8) is 0 Å². The van der Waals surface area contributed by atoms with Gasteiger partial charge in [-0.05, 0) is 32.4 Å². The van der Waals surface area contributed by atoms with Crippen molar-refractivity contribution >= 4 is 5.97 Å². The fraction of sp³-hybridized carbons (Fsp3) is 0.500. The van der Waals surface area contributed by atoms with Gasteiger partial charge >= 0.3 is 5.97 Å². The summed E-state index contributed by atoms with van der Waals surface area (Å²) in [5.41, 5.74) is -1.87. The Morgan fingerprint density at radius 2 is 1.95 bits per heavy atom. The molecule has 0 saturated carbocycles. The number of carbonyl (C=O) groups excluding carboxylic acids is 1. The molecule has 0 aliphatic heterocycles. The number of rotatable bonds is 5. The molecule has 0 aliphatic rings. The van der Waals surface area contributed by atoms with Crippen LogP contribution in [0.3, 0.4) is 0 Å². The topological polar surface area (TPSA) is 38.3 Å². The van der Waals surface area contributed by atoms with E-state index in [4.69, 9.17) is 4.74 Å². The molecule has 0 radical (unpaired) electrons. The second-order valence-electron chi connectivity index (χ2n) is 4.67. The Bertz CT molecular complexity index is 445. The third-order valence-corrected chi connectivity index (χ3v) is 3.20. The lowest BCUT2D eigenvalue weighted by Crippen LogP contribution is -2.52. The first-order valence-corrected chi connectivity index (χ1v) is 6.17. The van der Waals surface area contributed by atoms with Crippen LogP contribution in [-0.2, 0) is 15.1 Å². The number of carbonyl (C=O) groups is 1. The van der Waals surface area contributed by atoms with Gasteiger partial charge in [0.1, 0.15) is 17.2 Å². The molecule has 5 heteroatoms. The van der Waals surface area contributed by atoms with Crippen LogP contribution in [0.2, 0.25) is 0 Å². The molecule has 0 aliphatic carbocycles. The molecule has 0 bridgehead atoms. The van der Waals surface area contributed by atoms with Crippen molar-refractivity contribution in [2.45, 2.75) is 38.8 Å². The third-order valence-electron chi connectivity index (χ3n) is 3.20. The van der Waals surface area contributed by atoms with Gasteiger partial charge in [-0.15, -0.1) is 0 Å². The average Bonchev–Trinajstić information content (AvgIpc) is 2.37. The molecule has 0 aromatic heterocycles. The van der Waals surface area contributed by atoms with E-state index in [2.05, 4.69) is 5.32 Å². The minimum absolute atomic E-state index is 0.0943. The Balaban J connectivity index is 3.35. The van der Waals surface area contributed by atoms with Crippen LogP contribution in [0.15, 0.2) is 18.2 Å². The summed E-state index contributed by atoms with van der Waals surface area (Å²) in [5.74, 6) is -2.27. The Labute approximate surface area is 112 Å². The second-order valence-corrected chi connectivity index (χ2v) is 4.67. The van der Waals surface area contributed by atoms with Gasteiger partial charge in [-0.3, -0.25) is 5.32 Å². The number of nitrogens with one attached hydrogen (secondary N) is 1. The highest BCUT2D eigenvalue weighted by Gasteiger charge is 2.41. The van der Waals surface area contributed by atoms with E-state index in [0.29, 0.717) is 6.42 Å². The van der Waals surface area contributed by atoms with Crippen molar-refractivity contribution in [2.24, 2.45) is 0 Å². The minimum Gasteiger partial charge on any atom is -0.467 e. The summed E-state index contributed by atoms with van der Waals surface area (Å²) in [4.78, 5) is 12.0. The van der Waals surface area contributed by atoms with Gasteiger partial charge in [0.25, 0.3) is 0 Å². The van der Waals surface area contributed by atoms with E-state index in [1.54, 1.807) is 0 Å². The smallest absolute Gasteiger partial charge is 0.330 e. The summed E-state index contributed by atoms with van der Waals surface area (Å²) < 4.78 is 32.5. The molecule has 0 amide bonds. The van der Waals surface area contributed by atoms with Crippen LogP contribution in [-0.4, -0.2) is 19.1 Å². The van der Waals surface area contributed by atoms with E-state index >= 15 is 0 Å². The zero-order valence-corrected chi connectivity index (χ0v) is 11.6. The maximum atomic E-state index is 13.9. The number of esters is 1. The first kappa shape index (κ1) is 15.6. The van der Waals surface area contributed by atoms with Gasteiger partial charge in [0, 0.05) is 6.04 Å². The second kappa shape index (κ2) is 6.10. The summed E-state index contributed by atoms with van der Waals surface area (Å²) in [7, 11) is 1.19. The van der Waals surface area contributed by atoms with Crippen molar-refractivity contribution < 1.29 is 18.3 Å². The molecule has 1 N–H and O–H groups in total. The summed E-state index contributed by atoms with van der Waals surface area (Å²) >= 11 is 0. The first-order chi connectivity index (χ1) is 8.86. The minimum atomic E-state index is -1.56. The Morgan fingerprint density at radius 1 is 1.42 bits per heavy atom. The highest BCUT2D eigenvalue weighted by atomic mass is 19.1. The number of ether oxygens (including phenoxy) is 1. The lowest BCUT2D eigenvalue weighted by molar-refractivity contribution is -0.149. The number of hydrogen-bond donors (Lipinski definition) is 1. The van der Waals surface area contributed by atoms with E-state index in [9.17, 15) is 13.6 Å². The molecule has 0 saturated heterocycles. The zero-order valence-electron chi connectivity index (χ0n) is 11.6. The first-order valence-electron chi connectivity index (χ1n) is 6.17. The SMILES string of the molecule is CCC(C)NC(C)(C(=O)OC)c1c(F)cccc1F. The normalized spacial score (nSPS) is 15.7. The highest BCUT2D eigenvalue weighted by Crippen LogP contribution is 2.28. The summed E-state index contributed by atoms with van der Waals surface area (Å²) in [6, 6.07) is 3.41. The van der Waals surface area contributed by atoms with Gasteiger partial charge < -0.3 is 4.74 Å². The molecular weight excluding hydrogens is 252 g/mol. The van der Waals surface area contributed by atoms with Crippen LogP contribution in [0, 0.1) is 11.6 Å². The lowest BCUT2D eigenvalue weighted by Gasteiger charge is -2.32. The fourth-order valence-corrected chi connectivity index (χ4v) is 2.01. The average molecular weight is 271 g/mol. The summed E-state index contributed by atoms with van der Waals surface area (Å²) in [6.45, 7) is 5.17. The summed E-state index contributed by atoms with van der Waals surface area (Å²) in [5, 5.41) is 2.94. The van der Waals surface area contributed by atoms with Gasteiger partial charge in [0.2, 0.25) is 0 Å². The molecule has 1 rings (SSSR count). The van der Waals surface area contributed by atoms with Crippen LogP contribution in [0.4, 0.5) is 8.78 Å². The molecule has 106 valence electrons. The van der Waals surface area contributed by atoms with Crippen LogP contribution in [0.5, 0.6) is 0 Å². The van der Waals surface area contributed by atoms with E-state index in [1.807, 2.05) is 13.8 Å². The standard InChI is InChI=1S/C14H19F2NO2/c1-5-9(2)17-14(3,13(18)19-4)12-10(15)7-6-8-11(12)16/h6-9,17H,5H2,1-4H3. The van der Waals surface area contributed by atoms with E-state index in [0.717, 1.165) is 12.1 Å². The molecule has 2 atom stereocenters. The molecule has 19 heavy (non-hydrogen) atoms. The van der Waals surface area contributed by atoms with Crippen LogP contribution < -0.4 is 5.32 Å². The highest BCUT2D eigenvalue weighted by molar-refractivity contribution is 5.82. The lowest BCUT2D eigenvalue weighted by atomic mass is 9.89. The van der Waals surface area contributed by atoms with Gasteiger partial charge in [-0.25, -0.2) is 13.6 Å². The largest absolute Gasteiger partial charge is 0.467 e. The maximum Gasteiger partial charge on any atom is 0.330 e. The van der Waals surface area contributed by atoms with Gasteiger partial charge in [-0.1, -0.05) is 13.0 Å². The van der Waals surface area contributed by atoms with Crippen LogP contribution in [0.1, 0.15) is 32.8 Å². The molecule has 0 heterocycles. The van der Waals surface area contributed by atoms with E-state index in [-0.39, 0.29) is 11.6 Å². The molecule has 1 aromatic rings. The Morgan fingerprint density at radius 3 is 2.37 bits per heavy atom. The Hall–Kier alpha value is -1.49. The van der Waals surface area contributed by atoms with Gasteiger partial charge in [0.05, 0.1) is 12.7 Å². The molecular formula is C14H19F2NO2.